The first-order chi connectivity index (χ1) is 21.4. The maximum Gasteiger partial charge on any atom is 0.416 e. The second-order valence-corrected chi connectivity index (χ2v) is 11.5. The van der Waals surface area contributed by atoms with Gasteiger partial charge in [0.1, 0.15) is 11.3 Å². The fourth-order valence-electron chi connectivity index (χ4n) is 4.91. The number of unbranched alkanes of at least 4 members (excludes halogenated alkanes) is 6. The van der Waals surface area contributed by atoms with Crippen LogP contribution < -0.4 is 9.64 Å². The van der Waals surface area contributed by atoms with Crippen molar-refractivity contribution in [3.05, 3.63) is 101 Å². The Balaban J connectivity index is 1.54. The van der Waals surface area contributed by atoms with Gasteiger partial charge in [-0.3, -0.25) is 4.79 Å². The van der Waals surface area contributed by atoms with Crippen LogP contribution in [0.25, 0.3) is 6.08 Å². The minimum absolute atomic E-state index is 0.136. The molecule has 0 spiro atoms. The summed E-state index contributed by atoms with van der Waals surface area (Å²) in [5, 5.41) is 0. The number of carbonyl (C=O) groups excluding carboxylic acids is 2. The maximum absolute atomic E-state index is 13.6. The molecule has 0 N–H and O–H groups in total. The summed E-state index contributed by atoms with van der Waals surface area (Å²) in [6, 6.07) is 17.1. The number of anilines is 1. The third-order valence-electron chi connectivity index (χ3n) is 7.27. The van der Waals surface area contributed by atoms with E-state index < -0.39 is 29.4 Å². The van der Waals surface area contributed by atoms with Gasteiger partial charge in [0.25, 0.3) is 5.91 Å². The number of halogens is 3. The molecular formula is C37H38F3NO4. The van der Waals surface area contributed by atoms with Gasteiger partial charge in [-0.05, 0) is 66.1 Å². The van der Waals surface area contributed by atoms with Crippen molar-refractivity contribution in [3.8, 4) is 17.6 Å². The second kappa shape index (κ2) is 15.0. The van der Waals surface area contributed by atoms with Crippen molar-refractivity contribution in [3.63, 3.8) is 0 Å². The Bertz CT molecular complexity index is 1580. The van der Waals surface area contributed by atoms with Crippen LogP contribution in [-0.4, -0.2) is 17.7 Å². The number of amides is 1. The molecule has 0 atom stereocenters. The number of nitrogens with zero attached hydrogens (tertiary/aromatic N) is 1. The molecule has 0 aromatic heterocycles. The topological polar surface area (TPSA) is 55.8 Å². The molecule has 8 heteroatoms. The minimum Gasteiger partial charge on any atom is -0.452 e. The van der Waals surface area contributed by atoms with E-state index in [-0.39, 0.29) is 17.7 Å². The van der Waals surface area contributed by atoms with Gasteiger partial charge in [-0.1, -0.05) is 75.1 Å². The molecule has 236 valence electrons. The number of fused-ring (bicyclic) bond motifs is 1. The highest BCUT2D eigenvalue weighted by Gasteiger charge is 2.34. The van der Waals surface area contributed by atoms with Crippen LogP contribution in [0.4, 0.5) is 18.9 Å². The Morgan fingerprint density at radius 3 is 2.40 bits per heavy atom. The Kier molecular flexibility index (Phi) is 11.1. The Morgan fingerprint density at radius 2 is 1.67 bits per heavy atom. The van der Waals surface area contributed by atoms with Gasteiger partial charge < -0.3 is 14.4 Å². The molecule has 5 nitrogen and oxygen atoms in total. The summed E-state index contributed by atoms with van der Waals surface area (Å²) in [5.74, 6) is 4.55. The van der Waals surface area contributed by atoms with Crippen LogP contribution >= 0.6 is 0 Å². The minimum atomic E-state index is -4.50. The van der Waals surface area contributed by atoms with E-state index in [4.69, 9.17) is 9.47 Å². The highest BCUT2D eigenvalue weighted by molar-refractivity contribution is 6.05. The van der Waals surface area contributed by atoms with Gasteiger partial charge in [0.15, 0.2) is 0 Å². The van der Waals surface area contributed by atoms with Gasteiger partial charge in [-0.15, -0.1) is 0 Å². The van der Waals surface area contributed by atoms with Gasteiger partial charge in [0.2, 0.25) is 5.79 Å². The number of carbonyl (C=O) groups is 2. The van der Waals surface area contributed by atoms with E-state index in [0.717, 1.165) is 36.1 Å². The van der Waals surface area contributed by atoms with Crippen molar-refractivity contribution in [1.82, 2.24) is 0 Å². The number of cyclic esters (lactones) is 1. The number of esters is 1. The van der Waals surface area contributed by atoms with Gasteiger partial charge in [0, 0.05) is 37.6 Å². The molecule has 45 heavy (non-hydrogen) atoms. The van der Waals surface area contributed by atoms with Crippen LogP contribution in [0, 0.1) is 11.8 Å². The molecular weight excluding hydrogens is 579 g/mol. The molecule has 1 amide bonds. The predicted molar refractivity (Wildman–Crippen MR) is 170 cm³/mol. The van der Waals surface area contributed by atoms with E-state index >= 15 is 0 Å². The first-order valence-corrected chi connectivity index (χ1v) is 15.3. The van der Waals surface area contributed by atoms with Gasteiger partial charge >= 0.3 is 12.1 Å². The van der Waals surface area contributed by atoms with Crippen molar-refractivity contribution in [1.29, 1.82) is 0 Å². The molecule has 1 heterocycles. The summed E-state index contributed by atoms with van der Waals surface area (Å²) in [6.45, 7) is 5.59. The molecule has 0 bridgehead atoms. The van der Waals surface area contributed by atoms with Crippen molar-refractivity contribution in [2.75, 3.05) is 4.90 Å². The standard InChI is InChI=1S/C37H38F3NO4/c1-4-5-6-7-8-9-10-11-13-27-16-18-29(19-17-27)26-41(31-21-22-33-32(25-31)35(43)45-36(2,3)44-33)34(42)23-20-28-14-12-15-30(24-28)37(38,39)40/h12,14-25H,4-10,26H2,1-3H3/b23-20+. The molecule has 0 fully saturated rings. The quantitative estimate of drug-likeness (QED) is 0.0931. The number of hydrogen-bond acceptors (Lipinski definition) is 4. The molecule has 0 aliphatic carbocycles. The number of alkyl halides is 3. The zero-order valence-corrected chi connectivity index (χ0v) is 25.9. The molecule has 1 aliphatic rings. The van der Waals surface area contributed by atoms with Crippen LogP contribution in [0.15, 0.2) is 72.8 Å². The summed E-state index contributed by atoms with van der Waals surface area (Å²) < 4.78 is 50.7. The van der Waals surface area contributed by atoms with Gasteiger partial charge in [-0.2, -0.15) is 13.2 Å². The van der Waals surface area contributed by atoms with E-state index in [1.54, 1.807) is 26.0 Å². The van der Waals surface area contributed by atoms with Gasteiger partial charge in [0.05, 0.1) is 12.1 Å². The number of hydrogen-bond donors (Lipinski definition) is 0. The first-order valence-electron chi connectivity index (χ1n) is 15.3. The lowest BCUT2D eigenvalue weighted by molar-refractivity contribution is -0.137. The average Bonchev–Trinajstić information content (AvgIpc) is 3.00. The molecule has 3 aromatic rings. The molecule has 1 aliphatic heterocycles. The van der Waals surface area contributed by atoms with E-state index in [2.05, 4.69) is 18.8 Å². The lowest BCUT2D eigenvalue weighted by Crippen LogP contribution is -2.39. The summed E-state index contributed by atoms with van der Waals surface area (Å²) >= 11 is 0. The highest BCUT2D eigenvalue weighted by atomic mass is 19.4. The third kappa shape index (κ3) is 9.74. The third-order valence-corrected chi connectivity index (χ3v) is 7.27. The van der Waals surface area contributed by atoms with Crippen molar-refractivity contribution in [2.24, 2.45) is 0 Å². The van der Waals surface area contributed by atoms with Crippen LogP contribution in [0.5, 0.6) is 5.75 Å². The summed E-state index contributed by atoms with van der Waals surface area (Å²) in [6.07, 6.45) is 6.18. The molecule has 0 unspecified atom stereocenters. The zero-order chi connectivity index (χ0) is 32.5. The largest absolute Gasteiger partial charge is 0.452 e. The van der Waals surface area contributed by atoms with E-state index in [9.17, 15) is 22.8 Å². The normalized spacial score (nSPS) is 13.8. The monoisotopic (exact) mass is 617 g/mol. The number of ether oxygens (including phenoxy) is 2. The fraction of sp³-hybridized carbons (Fsp3) is 0.351. The molecule has 0 saturated heterocycles. The Morgan fingerprint density at radius 1 is 0.933 bits per heavy atom. The summed E-state index contributed by atoms with van der Waals surface area (Å²) in [4.78, 5) is 27.7. The van der Waals surface area contributed by atoms with Crippen LogP contribution in [-0.2, 0) is 22.3 Å². The summed E-state index contributed by atoms with van der Waals surface area (Å²) in [5.41, 5.74) is 1.66. The fourth-order valence-corrected chi connectivity index (χ4v) is 4.91. The number of benzene rings is 3. The molecule has 4 rings (SSSR count). The lowest BCUT2D eigenvalue weighted by atomic mass is 10.1. The Hall–Kier alpha value is -4.51. The highest BCUT2D eigenvalue weighted by Crippen LogP contribution is 2.35. The lowest BCUT2D eigenvalue weighted by Gasteiger charge is -2.32. The maximum atomic E-state index is 13.6. The first kappa shape index (κ1) is 33.4. The predicted octanol–water partition coefficient (Wildman–Crippen LogP) is 9.34. The van der Waals surface area contributed by atoms with E-state index in [1.807, 2.05) is 24.3 Å². The number of rotatable bonds is 11. The Labute approximate surface area is 263 Å². The SMILES string of the molecule is CCCCCCCCC#Cc1ccc(CN(C(=O)/C=C/c2cccc(C(F)(F)F)c2)c2ccc3c(c2)C(=O)OC(C)(C)O3)cc1. The van der Waals surface area contributed by atoms with Crippen molar-refractivity contribution < 1.29 is 32.2 Å². The van der Waals surface area contributed by atoms with Crippen LogP contribution in [0.1, 0.15) is 98.3 Å². The van der Waals surface area contributed by atoms with Gasteiger partial charge in [-0.25, -0.2) is 4.79 Å². The second-order valence-electron chi connectivity index (χ2n) is 11.5. The molecule has 3 aromatic carbocycles. The summed E-state index contributed by atoms with van der Waals surface area (Å²) in [7, 11) is 0. The van der Waals surface area contributed by atoms with Crippen molar-refractivity contribution >= 4 is 23.6 Å². The van der Waals surface area contributed by atoms with E-state index in [1.165, 1.54) is 67.4 Å². The smallest absolute Gasteiger partial charge is 0.416 e. The van der Waals surface area contributed by atoms with Crippen molar-refractivity contribution in [2.45, 2.75) is 84.2 Å². The van der Waals surface area contributed by atoms with Crippen LogP contribution in [0.3, 0.4) is 0 Å². The average molecular weight is 618 g/mol. The molecule has 0 saturated carbocycles. The zero-order valence-electron chi connectivity index (χ0n) is 25.9. The van der Waals surface area contributed by atoms with Crippen LogP contribution in [0.2, 0.25) is 0 Å². The van der Waals surface area contributed by atoms with E-state index in [0.29, 0.717) is 11.4 Å². The molecule has 0 radical (unpaired) electrons.